The molecule has 0 aromatic heterocycles. The summed E-state index contributed by atoms with van der Waals surface area (Å²) >= 11 is 0. The van der Waals surface area contributed by atoms with Gasteiger partial charge in [0.1, 0.15) is 13.2 Å². The van der Waals surface area contributed by atoms with Gasteiger partial charge in [0.15, 0.2) is 0 Å². The van der Waals surface area contributed by atoms with Crippen LogP contribution in [0.3, 0.4) is 0 Å². The van der Waals surface area contributed by atoms with Gasteiger partial charge in [-0.3, -0.25) is 9.36 Å². The molecule has 2 N–H and O–H groups in total. The van der Waals surface area contributed by atoms with Crippen LogP contribution >= 0.6 is 7.82 Å². The third-order valence-corrected chi connectivity index (χ3v) is 9.29. The van der Waals surface area contributed by atoms with Crippen LogP contribution in [0.2, 0.25) is 0 Å². The van der Waals surface area contributed by atoms with Crippen molar-refractivity contribution in [3.63, 3.8) is 0 Å². The van der Waals surface area contributed by atoms with Crippen molar-refractivity contribution in [1.29, 1.82) is 0 Å². The SMILES string of the molecule is CCCCCC/C=C\CCCC(=O)NC(COP(=O)([O-])OCC[N+](C)(C)C)C(O)/C=C/CC/C=C/CCCCCCCCCCCCC. The van der Waals surface area contributed by atoms with Gasteiger partial charge in [0.05, 0.1) is 39.9 Å². The third-order valence-electron chi connectivity index (χ3n) is 8.32. The van der Waals surface area contributed by atoms with Crippen molar-refractivity contribution < 1.29 is 32.9 Å². The molecular formula is C39H75N2O6P. The molecule has 3 atom stereocenters. The number of carbonyl (C=O) groups excluding carboxylic acids is 1. The van der Waals surface area contributed by atoms with Gasteiger partial charge in [-0.05, 0) is 51.4 Å². The van der Waals surface area contributed by atoms with Gasteiger partial charge in [0.2, 0.25) is 5.91 Å². The molecule has 1 amide bonds. The highest BCUT2D eigenvalue weighted by Gasteiger charge is 2.23. The Kier molecular flexibility index (Phi) is 30.8. The second-order valence-corrected chi connectivity index (χ2v) is 15.7. The van der Waals surface area contributed by atoms with E-state index in [-0.39, 0.29) is 18.9 Å². The van der Waals surface area contributed by atoms with E-state index in [4.69, 9.17) is 9.05 Å². The zero-order chi connectivity index (χ0) is 35.8. The van der Waals surface area contributed by atoms with Gasteiger partial charge in [0.25, 0.3) is 7.82 Å². The van der Waals surface area contributed by atoms with Crippen molar-refractivity contribution in [2.75, 3.05) is 40.9 Å². The summed E-state index contributed by atoms with van der Waals surface area (Å²) in [6, 6.07) is -0.913. The van der Waals surface area contributed by atoms with Crippen molar-refractivity contribution in [3.05, 3.63) is 36.5 Å². The van der Waals surface area contributed by atoms with E-state index >= 15 is 0 Å². The number of phosphoric ester groups is 1. The average Bonchev–Trinajstić information content (AvgIpc) is 3.02. The molecule has 9 heteroatoms. The van der Waals surface area contributed by atoms with Gasteiger partial charge >= 0.3 is 0 Å². The van der Waals surface area contributed by atoms with E-state index in [2.05, 4.69) is 43.5 Å². The lowest BCUT2D eigenvalue weighted by Gasteiger charge is -2.29. The van der Waals surface area contributed by atoms with Crippen molar-refractivity contribution in [1.82, 2.24) is 5.32 Å². The molecule has 0 saturated carbocycles. The number of rotatable bonds is 34. The zero-order valence-corrected chi connectivity index (χ0v) is 32.6. The molecule has 0 heterocycles. The third kappa shape index (κ3) is 33.2. The Morgan fingerprint density at radius 2 is 1.17 bits per heavy atom. The molecular weight excluding hydrogens is 623 g/mol. The van der Waals surface area contributed by atoms with E-state index in [1.165, 1.54) is 96.3 Å². The number of nitrogens with zero attached hydrogens (tertiary/aromatic N) is 1. The summed E-state index contributed by atoms with van der Waals surface area (Å²) in [5.74, 6) is -0.246. The number of allylic oxidation sites excluding steroid dienone is 5. The first kappa shape index (κ1) is 46.7. The van der Waals surface area contributed by atoms with Gasteiger partial charge < -0.3 is 28.8 Å². The number of hydrogen-bond donors (Lipinski definition) is 2. The smallest absolute Gasteiger partial charge is 0.268 e. The molecule has 48 heavy (non-hydrogen) atoms. The van der Waals surface area contributed by atoms with Gasteiger partial charge in [0, 0.05) is 6.42 Å². The van der Waals surface area contributed by atoms with Gasteiger partial charge in [-0.2, -0.15) is 0 Å². The van der Waals surface area contributed by atoms with Crippen LogP contribution in [-0.4, -0.2) is 68.5 Å². The van der Waals surface area contributed by atoms with E-state index < -0.39 is 26.6 Å². The lowest BCUT2D eigenvalue weighted by molar-refractivity contribution is -0.870. The molecule has 0 aromatic carbocycles. The fraction of sp³-hybridized carbons (Fsp3) is 0.821. The van der Waals surface area contributed by atoms with E-state index in [1.54, 1.807) is 6.08 Å². The Balaban J connectivity index is 4.57. The maximum absolute atomic E-state index is 12.7. The summed E-state index contributed by atoms with van der Waals surface area (Å²) in [4.78, 5) is 25.0. The Bertz CT molecular complexity index is 886. The minimum absolute atomic E-state index is 0.0113. The van der Waals surface area contributed by atoms with E-state index in [0.29, 0.717) is 17.4 Å². The van der Waals surface area contributed by atoms with Crippen LogP contribution in [0.25, 0.3) is 0 Å². The number of nitrogens with one attached hydrogen (secondary N) is 1. The zero-order valence-electron chi connectivity index (χ0n) is 31.7. The quantitative estimate of drug-likeness (QED) is 0.0300. The number of phosphoric acid groups is 1. The second kappa shape index (κ2) is 31.7. The van der Waals surface area contributed by atoms with Crippen LogP contribution in [0.5, 0.6) is 0 Å². The molecule has 0 aliphatic heterocycles. The minimum atomic E-state index is -4.59. The van der Waals surface area contributed by atoms with Crippen molar-refractivity contribution in [2.45, 2.75) is 167 Å². The first-order valence-electron chi connectivity index (χ1n) is 19.4. The average molecular weight is 699 g/mol. The molecule has 0 aliphatic rings. The van der Waals surface area contributed by atoms with Crippen LogP contribution in [0.4, 0.5) is 0 Å². The Morgan fingerprint density at radius 3 is 1.71 bits per heavy atom. The molecule has 0 radical (unpaired) electrons. The first-order valence-corrected chi connectivity index (χ1v) is 20.8. The van der Waals surface area contributed by atoms with Crippen LogP contribution in [0.1, 0.15) is 155 Å². The minimum Gasteiger partial charge on any atom is -0.756 e. The molecule has 0 saturated heterocycles. The highest BCUT2D eigenvalue weighted by molar-refractivity contribution is 7.45. The summed E-state index contributed by atoms with van der Waals surface area (Å²) in [7, 11) is 1.22. The highest BCUT2D eigenvalue weighted by Crippen LogP contribution is 2.38. The molecule has 8 nitrogen and oxygen atoms in total. The van der Waals surface area contributed by atoms with Crippen molar-refractivity contribution in [2.24, 2.45) is 0 Å². The largest absolute Gasteiger partial charge is 0.756 e. The molecule has 0 aliphatic carbocycles. The Labute approximate surface area is 296 Å². The van der Waals surface area contributed by atoms with Crippen molar-refractivity contribution >= 4 is 13.7 Å². The number of carbonyl (C=O) groups is 1. The summed E-state index contributed by atoms with van der Waals surface area (Å²) in [6.45, 7) is 4.54. The van der Waals surface area contributed by atoms with E-state index in [9.17, 15) is 19.4 Å². The van der Waals surface area contributed by atoms with Crippen molar-refractivity contribution in [3.8, 4) is 0 Å². The number of unbranched alkanes of at least 4 members (excludes halogenated alkanes) is 17. The van der Waals surface area contributed by atoms with Gasteiger partial charge in [-0.15, -0.1) is 0 Å². The Morgan fingerprint density at radius 1 is 0.708 bits per heavy atom. The Hall–Kier alpha value is -1.28. The predicted octanol–water partition coefficient (Wildman–Crippen LogP) is 9.33. The molecule has 0 rings (SSSR count). The van der Waals surface area contributed by atoms with E-state index in [0.717, 1.165) is 32.1 Å². The van der Waals surface area contributed by atoms with Gasteiger partial charge in [-0.25, -0.2) is 0 Å². The van der Waals surface area contributed by atoms with Crippen LogP contribution in [-0.2, 0) is 18.4 Å². The monoisotopic (exact) mass is 699 g/mol. The molecule has 3 unspecified atom stereocenters. The number of aliphatic hydroxyl groups excluding tert-OH is 1. The molecule has 282 valence electrons. The second-order valence-electron chi connectivity index (χ2n) is 14.3. The van der Waals surface area contributed by atoms with Crippen LogP contribution < -0.4 is 10.2 Å². The fourth-order valence-corrected chi connectivity index (χ4v) is 5.89. The number of likely N-dealkylation sites (N-methyl/N-ethyl adjacent to an activating group) is 1. The summed E-state index contributed by atoms with van der Waals surface area (Å²) in [6.07, 6.45) is 36.3. The van der Waals surface area contributed by atoms with Crippen LogP contribution in [0.15, 0.2) is 36.5 Å². The normalized spacial score (nSPS) is 15.1. The summed E-state index contributed by atoms with van der Waals surface area (Å²) < 4.78 is 23.0. The lowest BCUT2D eigenvalue weighted by atomic mass is 10.1. The van der Waals surface area contributed by atoms with E-state index in [1.807, 2.05) is 27.2 Å². The molecule has 0 fully saturated rings. The fourth-order valence-electron chi connectivity index (χ4n) is 5.17. The topological polar surface area (TPSA) is 108 Å². The summed E-state index contributed by atoms with van der Waals surface area (Å²) in [5, 5.41) is 13.6. The summed E-state index contributed by atoms with van der Waals surface area (Å²) in [5.41, 5.74) is 0. The molecule has 0 aromatic rings. The number of quaternary nitrogens is 1. The lowest BCUT2D eigenvalue weighted by Crippen LogP contribution is -2.45. The maximum Gasteiger partial charge on any atom is 0.268 e. The maximum atomic E-state index is 12.7. The first-order chi connectivity index (χ1) is 23.0. The number of hydrogen-bond acceptors (Lipinski definition) is 6. The molecule has 0 spiro atoms. The van der Waals surface area contributed by atoms with Gasteiger partial charge in [-0.1, -0.05) is 134 Å². The highest BCUT2D eigenvalue weighted by atomic mass is 31.2. The van der Waals surface area contributed by atoms with Crippen LogP contribution in [0, 0.1) is 0 Å². The standard InChI is InChI=1S/C39H75N2O6P/c1-6-8-10-12-14-16-17-18-19-20-21-22-23-25-26-28-30-32-38(42)37(36-47-48(44,45)46-35-34-41(3,4)5)40-39(43)33-31-29-27-24-15-13-11-9-7-2/h23-25,27,30,32,37-38,42H,6-22,26,28-29,31,33-36H2,1-5H3,(H-,40,43,44,45)/b25-23+,27-24-,32-30+. The number of amides is 1. The predicted molar refractivity (Wildman–Crippen MR) is 201 cm³/mol. The molecule has 0 bridgehead atoms. The number of aliphatic hydroxyl groups is 1.